The molecule has 3 nitrogen and oxygen atoms in total. The molecule has 0 N–H and O–H groups in total. The molecule has 0 saturated carbocycles. The lowest BCUT2D eigenvalue weighted by Gasteiger charge is -2.18. The molecule has 0 fully saturated rings. The van der Waals surface area contributed by atoms with Crippen LogP contribution in [0.5, 0.6) is 5.75 Å². The lowest BCUT2D eigenvalue weighted by molar-refractivity contribution is 0.0791. The number of nitrogens with zero attached hydrogens (tertiary/aromatic N) is 1. The quantitative estimate of drug-likeness (QED) is 0.552. The molecule has 106 valence electrons. The fourth-order valence-electron chi connectivity index (χ4n) is 1.72. The molecular weight excluding hydrogens is 330 g/mol. The highest BCUT2D eigenvalue weighted by Crippen LogP contribution is 2.23. The van der Waals surface area contributed by atoms with Crippen LogP contribution in [0, 0.1) is 0 Å². The molecular formula is C14H19BrClNO2. The van der Waals surface area contributed by atoms with Gasteiger partial charge in [-0.15, -0.1) is 11.6 Å². The van der Waals surface area contributed by atoms with E-state index < -0.39 is 0 Å². The smallest absolute Gasteiger partial charge is 0.254 e. The molecule has 0 aliphatic carbocycles. The maximum absolute atomic E-state index is 12.3. The zero-order valence-corrected chi connectivity index (χ0v) is 13.6. The Morgan fingerprint density at radius 1 is 1.37 bits per heavy atom. The molecule has 0 saturated heterocycles. The maximum atomic E-state index is 12.3. The van der Waals surface area contributed by atoms with Crippen molar-refractivity contribution in [2.45, 2.75) is 19.3 Å². The Bertz CT molecular complexity index is 426. The van der Waals surface area contributed by atoms with Crippen molar-refractivity contribution in [3.05, 3.63) is 28.2 Å². The Morgan fingerprint density at radius 3 is 2.74 bits per heavy atom. The van der Waals surface area contributed by atoms with Crippen LogP contribution in [0.15, 0.2) is 22.7 Å². The number of alkyl halides is 1. The summed E-state index contributed by atoms with van der Waals surface area (Å²) in [6.07, 6.45) is 3.00. The van der Waals surface area contributed by atoms with Crippen molar-refractivity contribution >= 4 is 33.4 Å². The van der Waals surface area contributed by atoms with E-state index in [1.165, 1.54) is 0 Å². The summed E-state index contributed by atoms with van der Waals surface area (Å²) in [6, 6.07) is 5.40. The predicted octanol–water partition coefficient (Wildman–Crippen LogP) is 3.94. The topological polar surface area (TPSA) is 29.5 Å². The number of benzene rings is 1. The van der Waals surface area contributed by atoms with Crippen LogP contribution >= 0.6 is 27.5 Å². The second kappa shape index (κ2) is 8.43. The van der Waals surface area contributed by atoms with E-state index in [9.17, 15) is 4.79 Å². The number of carbonyl (C=O) groups is 1. The van der Waals surface area contributed by atoms with E-state index in [1.807, 2.05) is 19.2 Å². The Kier molecular flexibility index (Phi) is 7.24. The Hall–Kier alpha value is -0.740. The molecule has 1 rings (SSSR count). The van der Waals surface area contributed by atoms with Crippen LogP contribution in [0.2, 0.25) is 0 Å². The molecule has 1 aromatic rings. The monoisotopic (exact) mass is 347 g/mol. The van der Waals surface area contributed by atoms with Gasteiger partial charge in [0, 0.05) is 23.9 Å². The minimum absolute atomic E-state index is 0.00310. The number of hydrogen-bond donors (Lipinski definition) is 0. The molecule has 1 aromatic carbocycles. The fraction of sp³-hybridized carbons (Fsp3) is 0.500. The molecule has 0 unspecified atom stereocenters. The van der Waals surface area contributed by atoms with Crippen LogP contribution in [0.25, 0.3) is 0 Å². The van der Waals surface area contributed by atoms with Gasteiger partial charge in [0.2, 0.25) is 0 Å². The third-order valence-corrected chi connectivity index (χ3v) is 3.84. The molecule has 0 radical (unpaired) electrons. The molecule has 0 bridgehead atoms. The number of hydrogen-bond acceptors (Lipinski definition) is 2. The molecule has 0 aliphatic heterocycles. The third-order valence-electron chi connectivity index (χ3n) is 2.88. The van der Waals surface area contributed by atoms with Crippen molar-refractivity contribution < 1.29 is 9.53 Å². The molecule has 0 spiro atoms. The fourth-order valence-corrected chi connectivity index (χ4v) is 2.33. The van der Waals surface area contributed by atoms with Crippen molar-refractivity contribution in [1.82, 2.24) is 4.90 Å². The zero-order chi connectivity index (χ0) is 14.3. The number of halogens is 2. The van der Waals surface area contributed by atoms with Gasteiger partial charge in [-0.05, 0) is 47.0 Å². The van der Waals surface area contributed by atoms with Crippen LogP contribution in [0.4, 0.5) is 0 Å². The van der Waals surface area contributed by atoms with Crippen molar-refractivity contribution in [3.8, 4) is 5.75 Å². The first kappa shape index (κ1) is 16.3. The number of unbranched alkanes of at least 4 members (excludes halogenated alkanes) is 2. The summed E-state index contributed by atoms with van der Waals surface area (Å²) in [4.78, 5) is 14.0. The first-order chi connectivity index (χ1) is 9.10. The first-order valence-corrected chi connectivity index (χ1v) is 7.58. The normalized spacial score (nSPS) is 10.3. The van der Waals surface area contributed by atoms with Gasteiger partial charge in [-0.3, -0.25) is 4.79 Å². The van der Waals surface area contributed by atoms with Gasteiger partial charge in [0.05, 0.1) is 12.7 Å². The van der Waals surface area contributed by atoms with Crippen molar-refractivity contribution in [2.75, 3.05) is 26.6 Å². The average molecular weight is 349 g/mol. The predicted molar refractivity (Wildman–Crippen MR) is 82.2 cm³/mol. The Labute approximate surface area is 128 Å². The largest absolute Gasteiger partial charge is 0.497 e. The van der Waals surface area contributed by atoms with Gasteiger partial charge in [0.15, 0.2) is 0 Å². The lowest BCUT2D eigenvalue weighted by Crippen LogP contribution is -2.28. The summed E-state index contributed by atoms with van der Waals surface area (Å²) >= 11 is 9.03. The number of carbonyl (C=O) groups excluding carboxylic acids is 1. The number of rotatable bonds is 7. The van der Waals surface area contributed by atoms with Gasteiger partial charge in [-0.2, -0.15) is 0 Å². The molecule has 0 aromatic heterocycles. The van der Waals surface area contributed by atoms with E-state index in [0.717, 1.165) is 30.3 Å². The van der Waals surface area contributed by atoms with Gasteiger partial charge in [0.1, 0.15) is 5.75 Å². The van der Waals surface area contributed by atoms with E-state index in [1.54, 1.807) is 18.1 Å². The summed E-state index contributed by atoms with van der Waals surface area (Å²) in [5, 5.41) is 0. The van der Waals surface area contributed by atoms with Crippen LogP contribution in [-0.2, 0) is 0 Å². The number of amides is 1. The minimum atomic E-state index is -0.00310. The summed E-state index contributed by atoms with van der Waals surface area (Å²) in [5.41, 5.74) is 0.624. The highest BCUT2D eigenvalue weighted by molar-refractivity contribution is 9.10. The second-order valence-corrected chi connectivity index (χ2v) is 5.55. The summed E-state index contributed by atoms with van der Waals surface area (Å²) < 4.78 is 5.93. The van der Waals surface area contributed by atoms with Crippen LogP contribution < -0.4 is 4.74 Å². The highest BCUT2D eigenvalue weighted by atomic mass is 79.9. The van der Waals surface area contributed by atoms with Crippen LogP contribution in [0.1, 0.15) is 29.6 Å². The standard InChI is InChI=1S/C14H19BrClNO2/c1-17(9-5-3-4-8-16)14(18)12-10-11(19-2)6-7-13(12)15/h6-7,10H,3-5,8-9H2,1-2H3. The van der Waals surface area contributed by atoms with Crippen LogP contribution in [-0.4, -0.2) is 37.4 Å². The average Bonchev–Trinajstić information content (AvgIpc) is 2.43. The van der Waals surface area contributed by atoms with E-state index in [2.05, 4.69) is 15.9 Å². The SMILES string of the molecule is COc1ccc(Br)c(C(=O)N(C)CCCCCCl)c1. The van der Waals surface area contributed by atoms with Gasteiger partial charge in [-0.1, -0.05) is 6.42 Å². The summed E-state index contributed by atoms with van der Waals surface area (Å²) in [6.45, 7) is 0.735. The van der Waals surface area contributed by atoms with Gasteiger partial charge >= 0.3 is 0 Å². The molecule has 0 heterocycles. The lowest BCUT2D eigenvalue weighted by atomic mass is 10.1. The Balaban J connectivity index is 2.65. The van der Waals surface area contributed by atoms with E-state index in [4.69, 9.17) is 16.3 Å². The van der Waals surface area contributed by atoms with Crippen LogP contribution in [0.3, 0.4) is 0 Å². The summed E-state index contributed by atoms with van der Waals surface area (Å²) in [5.74, 6) is 1.36. The number of methoxy groups -OCH3 is 1. The number of ether oxygens (including phenoxy) is 1. The Morgan fingerprint density at radius 2 is 2.11 bits per heavy atom. The zero-order valence-electron chi connectivity index (χ0n) is 11.3. The van der Waals surface area contributed by atoms with Gasteiger partial charge in [-0.25, -0.2) is 0 Å². The molecule has 1 amide bonds. The first-order valence-electron chi connectivity index (χ1n) is 6.25. The molecule has 5 heteroatoms. The maximum Gasteiger partial charge on any atom is 0.254 e. The van der Waals surface area contributed by atoms with Crippen molar-refractivity contribution in [3.63, 3.8) is 0 Å². The third kappa shape index (κ3) is 5.03. The van der Waals surface area contributed by atoms with Gasteiger partial charge in [0.25, 0.3) is 5.91 Å². The molecule has 19 heavy (non-hydrogen) atoms. The summed E-state index contributed by atoms with van der Waals surface area (Å²) in [7, 11) is 3.41. The van der Waals surface area contributed by atoms with Crippen molar-refractivity contribution in [1.29, 1.82) is 0 Å². The van der Waals surface area contributed by atoms with Crippen molar-refractivity contribution in [2.24, 2.45) is 0 Å². The van der Waals surface area contributed by atoms with Gasteiger partial charge < -0.3 is 9.64 Å². The van der Waals surface area contributed by atoms with E-state index in [-0.39, 0.29) is 5.91 Å². The molecule has 0 atom stereocenters. The van der Waals surface area contributed by atoms with E-state index >= 15 is 0 Å². The highest BCUT2D eigenvalue weighted by Gasteiger charge is 2.15. The van der Waals surface area contributed by atoms with E-state index in [0.29, 0.717) is 17.2 Å². The minimum Gasteiger partial charge on any atom is -0.497 e. The second-order valence-electron chi connectivity index (χ2n) is 4.32. The molecule has 0 aliphatic rings.